The van der Waals surface area contributed by atoms with E-state index in [9.17, 15) is 8.42 Å². The van der Waals surface area contributed by atoms with Crippen molar-refractivity contribution in [1.29, 1.82) is 0 Å². The van der Waals surface area contributed by atoms with E-state index < -0.39 is 14.8 Å². The highest BCUT2D eigenvalue weighted by atomic mass is 79.9. The van der Waals surface area contributed by atoms with E-state index in [1.54, 1.807) is 27.8 Å². The predicted octanol–water partition coefficient (Wildman–Crippen LogP) is 2.22. The van der Waals surface area contributed by atoms with Crippen LogP contribution in [-0.2, 0) is 10.0 Å². The highest BCUT2D eigenvalue weighted by Crippen LogP contribution is 2.34. The monoisotopic (exact) mass is 297 g/mol. The van der Waals surface area contributed by atoms with Crippen molar-refractivity contribution in [2.75, 3.05) is 13.6 Å². The van der Waals surface area contributed by atoms with Crippen molar-refractivity contribution < 1.29 is 8.42 Å². The number of rotatable bonds is 3. The summed E-state index contributed by atoms with van der Waals surface area (Å²) in [4.78, 5) is 0.591. The number of sulfonamides is 1. The van der Waals surface area contributed by atoms with Crippen molar-refractivity contribution in [3.8, 4) is 0 Å². The van der Waals surface area contributed by atoms with Crippen LogP contribution in [0.4, 0.5) is 0 Å². The lowest BCUT2D eigenvalue weighted by molar-refractivity contribution is 0.272. The molecule has 1 fully saturated rings. The van der Waals surface area contributed by atoms with Crippen molar-refractivity contribution in [2.45, 2.75) is 43.2 Å². The molecule has 1 aliphatic rings. The Morgan fingerprint density at radius 2 is 1.80 bits per heavy atom. The second-order valence-corrected chi connectivity index (χ2v) is 9.43. The van der Waals surface area contributed by atoms with E-state index in [1.807, 2.05) is 0 Å². The molecule has 0 aliphatic heterocycles. The van der Waals surface area contributed by atoms with Gasteiger partial charge in [0, 0.05) is 18.4 Å². The van der Waals surface area contributed by atoms with Gasteiger partial charge in [0.15, 0.2) is 0 Å². The van der Waals surface area contributed by atoms with Crippen molar-refractivity contribution in [2.24, 2.45) is 5.92 Å². The molecule has 0 aromatic rings. The van der Waals surface area contributed by atoms with Gasteiger partial charge in [-0.2, -0.15) is 0 Å². The van der Waals surface area contributed by atoms with Crippen LogP contribution in [-0.4, -0.2) is 35.9 Å². The minimum Gasteiger partial charge on any atom is -0.212 e. The Labute approximate surface area is 101 Å². The molecular weight excluding hydrogens is 278 g/mol. The molecule has 0 unspecified atom stereocenters. The molecule has 0 N–H and O–H groups in total. The Kier molecular flexibility index (Phi) is 3.89. The first-order chi connectivity index (χ1) is 6.64. The van der Waals surface area contributed by atoms with Crippen LogP contribution in [0.5, 0.6) is 0 Å². The SMILES string of the molecule is CN(CC1CC(Br)C1)S(=O)(=O)C(C)(C)C. The lowest BCUT2D eigenvalue weighted by Gasteiger charge is -2.36. The summed E-state index contributed by atoms with van der Waals surface area (Å²) in [6.45, 7) is 5.88. The molecule has 1 aliphatic carbocycles. The third-order valence-electron chi connectivity index (χ3n) is 2.88. The highest BCUT2D eigenvalue weighted by molar-refractivity contribution is 9.09. The first kappa shape index (κ1) is 13.5. The zero-order chi connectivity index (χ0) is 11.9. The van der Waals surface area contributed by atoms with Crippen LogP contribution >= 0.6 is 15.9 Å². The molecule has 0 bridgehead atoms. The molecular formula is C10H20BrNO2S. The van der Waals surface area contributed by atoms with Crippen molar-refractivity contribution >= 4 is 26.0 Å². The minimum atomic E-state index is -3.15. The molecule has 0 radical (unpaired) electrons. The van der Waals surface area contributed by atoms with Crippen molar-refractivity contribution in [3.05, 3.63) is 0 Å². The number of alkyl halides is 1. The molecule has 5 heteroatoms. The van der Waals surface area contributed by atoms with E-state index in [0.29, 0.717) is 17.3 Å². The number of hydrogen-bond donors (Lipinski definition) is 0. The minimum absolute atomic E-state index is 0.525. The topological polar surface area (TPSA) is 37.4 Å². The van der Waals surface area contributed by atoms with Gasteiger partial charge in [-0.1, -0.05) is 15.9 Å². The summed E-state index contributed by atoms with van der Waals surface area (Å²) in [5.41, 5.74) is 0. The smallest absolute Gasteiger partial charge is 0.212 e. The lowest BCUT2D eigenvalue weighted by atomic mass is 9.85. The maximum Gasteiger partial charge on any atom is 0.218 e. The molecule has 0 amide bonds. The molecule has 0 atom stereocenters. The average Bonchev–Trinajstić information content (AvgIpc) is 1.99. The second kappa shape index (κ2) is 4.34. The summed E-state index contributed by atoms with van der Waals surface area (Å²) >= 11 is 3.51. The Morgan fingerprint density at radius 1 is 1.33 bits per heavy atom. The average molecular weight is 298 g/mol. The standard InChI is InChI=1S/C10H20BrNO2S/c1-10(2,3)15(13,14)12(4)7-8-5-9(11)6-8/h8-9H,5-7H2,1-4H3. The van der Waals surface area contributed by atoms with E-state index in [4.69, 9.17) is 0 Å². The summed E-state index contributed by atoms with van der Waals surface area (Å²) < 4.78 is 24.9. The number of hydrogen-bond acceptors (Lipinski definition) is 2. The Bertz CT molecular complexity index is 315. The fraction of sp³-hybridized carbons (Fsp3) is 1.00. The summed E-state index contributed by atoms with van der Waals surface area (Å²) in [6.07, 6.45) is 2.17. The summed E-state index contributed by atoms with van der Waals surface area (Å²) in [6, 6.07) is 0. The predicted molar refractivity (Wildman–Crippen MR) is 66.7 cm³/mol. The van der Waals surface area contributed by atoms with E-state index in [2.05, 4.69) is 15.9 Å². The van der Waals surface area contributed by atoms with Gasteiger partial charge in [0.2, 0.25) is 10.0 Å². The molecule has 0 aromatic heterocycles. The van der Waals surface area contributed by atoms with Gasteiger partial charge in [-0.25, -0.2) is 12.7 Å². The number of halogens is 1. The van der Waals surface area contributed by atoms with Gasteiger partial charge < -0.3 is 0 Å². The second-order valence-electron chi connectivity index (χ2n) is 5.33. The molecule has 3 nitrogen and oxygen atoms in total. The van der Waals surface area contributed by atoms with Gasteiger partial charge in [-0.05, 0) is 39.5 Å². The van der Waals surface area contributed by atoms with Crippen molar-refractivity contribution in [3.63, 3.8) is 0 Å². The molecule has 0 aromatic carbocycles. The van der Waals surface area contributed by atoms with Gasteiger partial charge in [-0.3, -0.25) is 0 Å². The lowest BCUT2D eigenvalue weighted by Crippen LogP contribution is -2.44. The van der Waals surface area contributed by atoms with Crippen LogP contribution in [0.15, 0.2) is 0 Å². The first-order valence-corrected chi connectivity index (χ1v) is 7.60. The molecule has 1 rings (SSSR count). The fourth-order valence-electron chi connectivity index (χ4n) is 1.73. The van der Waals surface area contributed by atoms with Crippen LogP contribution in [0, 0.1) is 5.92 Å². The molecule has 1 saturated carbocycles. The van der Waals surface area contributed by atoms with Crippen LogP contribution in [0.3, 0.4) is 0 Å². The van der Waals surface area contributed by atoms with Gasteiger partial charge in [0.1, 0.15) is 0 Å². The van der Waals surface area contributed by atoms with E-state index in [-0.39, 0.29) is 0 Å². The highest BCUT2D eigenvalue weighted by Gasteiger charge is 2.36. The van der Waals surface area contributed by atoms with Crippen LogP contribution < -0.4 is 0 Å². The maximum atomic E-state index is 12.0. The van der Waals surface area contributed by atoms with Gasteiger partial charge in [-0.15, -0.1) is 0 Å². The Morgan fingerprint density at radius 3 is 2.13 bits per heavy atom. The largest absolute Gasteiger partial charge is 0.218 e. The molecule has 15 heavy (non-hydrogen) atoms. The molecule has 0 spiro atoms. The first-order valence-electron chi connectivity index (χ1n) is 5.24. The molecule has 90 valence electrons. The normalized spacial score (nSPS) is 27.9. The van der Waals surface area contributed by atoms with Crippen LogP contribution in [0.2, 0.25) is 0 Å². The van der Waals surface area contributed by atoms with Crippen molar-refractivity contribution in [1.82, 2.24) is 4.31 Å². The fourth-order valence-corrected chi connectivity index (χ4v) is 4.13. The summed E-state index contributed by atoms with van der Waals surface area (Å²) in [5.74, 6) is 0.525. The van der Waals surface area contributed by atoms with Crippen LogP contribution in [0.25, 0.3) is 0 Å². The van der Waals surface area contributed by atoms with Gasteiger partial charge >= 0.3 is 0 Å². The zero-order valence-corrected chi connectivity index (χ0v) is 12.2. The Hall–Kier alpha value is 0.390. The third kappa shape index (κ3) is 2.94. The van der Waals surface area contributed by atoms with Gasteiger partial charge in [0.05, 0.1) is 4.75 Å². The molecule has 0 heterocycles. The summed E-state index contributed by atoms with van der Waals surface area (Å²) in [7, 11) is -1.46. The van der Waals surface area contributed by atoms with E-state index in [1.165, 1.54) is 4.31 Å². The quantitative estimate of drug-likeness (QED) is 0.749. The number of nitrogens with zero attached hydrogens (tertiary/aromatic N) is 1. The third-order valence-corrected chi connectivity index (χ3v) is 6.14. The van der Waals surface area contributed by atoms with E-state index >= 15 is 0 Å². The Balaban J connectivity index is 2.57. The summed E-state index contributed by atoms with van der Waals surface area (Å²) in [5, 5.41) is 0. The molecule has 0 saturated heterocycles. The van der Waals surface area contributed by atoms with Gasteiger partial charge in [0.25, 0.3) is 0 Å². The van der Waals surface area contributed by atoms with Crippen LogP contribution in [0.1, 0.15) is 33.6 Å². The zero-order valence-electron chi connectivity index (χ0n) is 9.83. The van der Waals surface area contributed by atoms with E-state index in [0.717, 1.165) is 12.8 Å². The maximum absolute atomic E-state index is 12.0.